The van der Waals surface area contributed by atoms with Crippen LogP contribution >= 0.6 is 0 Å². The molecule has 0 spiro atoms. The molecule has 1 aliphatic rings. The van der Waals surface area contributed by atoms with Gasteiger partial charge in [-0.1, -0.05) is 12.5 Å². The maximum atomic E-state index is 11.6. The van der Waals surface area contributed by atoms with Gasteiger partial charge in [-0.3, -0.25) is 0 Å². The van der Waals surface area contributed by atoms with E-state index >= 15 is 0 Å². The molecule has 110 valence electrons. The average Bonchev–Trinajstić information content (AvgIpc) is 2.47. The minimum atomic E-state index is -0.442. The van der Waals surface area contributed by atoms with Crippen LogP contribution in [0.5, 0.6) is 5.75 Å². The highest BCUT2D eigenvalue weighted by Gasteiger charge is 2.20. The number of likely N-dealkylation sites (N-methyl/N-ethyl adjacent to an activating group) is 1. The van der Waals surface area contributed by atoms with E-state index in [0.717, 1.165) is 13.0 Å². The quantitative estimate of drug-likeness (QED) is 0.673. The van der Waals surface area contributed by atoms with Crippen LogP contribution < -0.4 is 10.5 Å². The number of likely N-dealkylation sites (tertiary alicyclic amines) is 1. The number of anilines is 1. The molecule has 2 rings (SSSR count). The summed E-state index contributed by atoms with van der Waals surface area (Å²) in [6.07, 6.45) is 3.61. The SMILES string of the molecule is COC(=O)c1cccc(OCC2CCCCN2C)c1N. The smallest absolute Gasteiger partial charge is 0.340 e. The Hall–Kier alpha value is -1.75. The first kappa shape index (κ1) is 14.7. The Balaban J connectivity index is 2.04. The van der Waals surface area contributed by atoms with Gasteiger partial charge in [-0.25, -0.2) is 4.79 Å². The molecule has 0 aliphatic carbocycles. The van der Waals surface area contributed by atoms with Crippen LogP contribution in [0.2, 0.25) is 0 Å². The van der Waals surface area contributed by atoms with Crippen LogP contribution in [-0.4, -0.2) is 44.2 Å². The van der Waals surface area contributed by atoms with Gasteiger partial charge in [0.05, 0.1) is 18.4 Å². The van der Waals surface area contributed by atoms with Gasteiger partial charge in [-0.05, 0) is 38.6 Å². The van der Waals surface area contributed by atoms with Crippen LogP contribution in [0, 0.1) is 0 Å². The van der Waals surface area contributed by atoms with E-state index in [1.807, 2.05) is 0 Å². The Labute approximate surface area is 119 Å². The van der Waals surface area contributed by atoms with E-state index in [0.29, 0.717) is 29.6 Å². The molecule has 1 aromatic carbocycles. The lowest BCUT2D eigenvalue weighted by atomic mass is 10.0. The minimum Gasteiger partial charge on any atom is -0.490 e. The maximum Gasteiger partial charge on any atom is 0.340 e. The Morgan fingerprint density at radius 1 is 1.45 bits per heavy atom. The first-order valence-electron chi connectivity index (χ1n) is 6.93. The summed E-state index contributed by atoms with van der Waals surface area (Å²) < 4.78 is 10.5. The highest BCUT2D eigenvalue weighted by Crippen LogP contribution is 2.26. The van der Waals surface area contributed by atoms with Gasteiger partial charge in [-0.15, -0.1) is 0 Å². The van der Waals surface area contributed by atoms with Crippen molar-refractivity contribution < 1.29 is 14.3 Å². The number of methoxy groups -OCH3 is 1. The third-order valence-electron chi connectivity index (χ3n) is 3.82. The van der Waals surface area contributed by atoms with Crippen molar-refractivity contribution in [3.8, 4) is 5.75 Å². The number of para-hydroxylation sites is 1. The molecule has 0 amide bonds. The van der Waals surface area contributed by atoms with Crippen molar-refractivity contribution in [1.29, 1.82) is 0 Å². The minimum absolute atomic E-state index is 0.345. The molecule has 5 nitrogen and oxygen atoms in total. The third kappa shape index (κ3) is 3.22. The van der Waals surface area contributed by atoms with Gasteiger partial charge in [0.2, 0.25) is 0 Å². The van der Waals surface area contributed by atoms with Gasteiger partial charge in [0.1, 0.15) is 12.4 Å². The van der Waals surface area contributed by atoms with Gasteiger partial charge >= 0.3 is 5.97 Å². The van der Waals surface area contributed by atoms with Crippen molar-refractivity contribution in [2.75, 3.05) is 33.0 Å². The highest BCUT2D eigenvalue weighted by atomic mass is 16.5. The topological polar surface area (TPSA) is 64.8 Å². The van der Waals surface area contributed by atoms with E-state index in [1.54, 1.807) is 18.2 Å². The van der Waals surface area contributed by atoms with E-state index in [-0.39, 0.29) is 0 Å². The van der Waals surface area contributed by atoms with Gasteiger partial charge < -0.3 is 20.1 Å². The molecule has 1 unspecified atom stereocenters. The number of carbonyl (C=O) groups is 1. The molecule has 5 heteroatoms. The molecule has 1 saturated heterocycles. The number of ether oxygens (including phenoxy) is 2. The zero-order chi connectivity index (χ0) is 14.5. The summed E-state index contributed by atoms with van der Waals surface area (Å²) in [5.74, 6) is 0.106. The highest BCUT2D eigenvalue weighted by molar-refractivity contribution is 5.96. The second-order valence-electron chi connectivity index (χ2n) is 5.15. The number of carbonyl (C=O) groups excluding carboxylic acids is 1. The predicted octanol–water partition coefficient (Wildman–Crippen LogP) is 1.92. The molecule has 0 aromatic heterocycles. The first-order valence-corrected chi connectivity index (χ1v) is 6.93. The molecule has 1 aromatic rings. The maximum absolute atomic E-state index is 11.6. The van der Waals surface area contributed by atoms with E-state index in [4.69, 9.17) is 15.2 Å². The van der Waals surface area contributed by atoms with Gasteiger partial charge in [0.15, 0.2) is 0 Å². The van der Waals surface area contributed by atoms with E-state index in [2.05, 4.69) is 11.9 Å². The lowest BCUT2D eigenvalue weighted by Crippen LogP contribution is -2.40. The fourth-order valence-corrected chi connectivity index (χ4v) is 2.50. The largest absolute Gasteiger partial charge is 0.490 e. The van der Waals surface area contributed by atoms with Crippen molar-refractivity contribution in [2.45, 2.75) is 25.3 Å². The van der Waals surface area contributed by atoms with Crippen molar-refractivity contribution in [3.05, 3.63) is 23.8 Å². The number of nitrogen functional groups attached to an aromatic ring is 1. The summed E-state index contributed by atoms with van der Waals surface area (Å²) >= 11 is 0. The number of nitrogens with zero attached hydrogens (tertiary/aromatic N) is 1. The molecular weight excluding hydrogens is 256 g/mol. The van der Waals surface area contributed by atoms with Crippen LogP contribution in [0.15, 0.2) is 18.2 Å². The monoisotopic (exact) mass is 278 g/mol. The Kier molecular flexibility index (Phi) is 4.84. The van der Waals surface area contributed by atoms with E-state index in [1.165, 1.54) is 20.0 Å². The molecule has 2 N–H and O–H groups in total. The summed E-state index contributed by atoms with van der Waals surface area (Å²) in [7, 11) is 3.45. The number of nitrogens with two attached hydrogens (primary N) is 1. The number of esters is 1. The van der Waals surface area contributed by atoms with Crippen molar-refractivity contribution in [3.63, 3.8) is 0 Å². The van der Waals surface area contributed by atoms with Crippen LogP contribution in [-0.2, 0) is 4.74 Å². The van der Waals surface area contributed by atoms with Crippen LogP contribution in [0.3, 0.4) is 0 Å². The van der Waals surface area contributed by atoms with Crippen LogP contribution in [0.25, 0.3) is 0 Å². The summed E-state index contributed by atoms with van der Waals surface area (Å²) in [6.45, 7) is 1.69. The molecule has 1 fully saturated rings. The Morgan fingerprint density at radius 3 is 2.95 bits per heavy atom. The van der Waals surface area contributed by atoms with Gasteiger partial charge in [0, 0.05) is 6.04 Å². The molecule has 1 aliphatic heterocycles. The molecular formula is C15H22N2O3. The molecule has 0 radical (unpaired) electrons. The number of hydrogen-bond donors (Lipinski definition) is 1. The molecule has 0 saturated carbocycles. The standard InChI is InChI=1S/C15H22N2O3/c1-17-9-4-3-6-11(17)10-20-13-8-5-7-12(14(13)16)15(18)19-2/h5,7-8,11H,3-4,6,9-10,16H2,1-2H3. The summed E-state index contributed by atoms with van der Waals surface area (Å²) in [4.78, 5) is 13.9. The second kappa shape index (κ2) is 6.61. The number of rotatable bonds is 4. The molecule has 0 bridgehead atoms. The Bertz CT molecular complexity index is 476. The lowest BCUT2D eigenvalue weighted by Gasteiger charge is -2.32. The average molecular weight is 278 g/mol. The van der Waals surface area contributed by atoms with Crippen LogP contribution in [0.4, 0.5) is 5.69 Å². The molecule has 1 atom stereocenters. The molecule has 1 heterocycles. The van der Waals surface area contributed by atoms with Gasteiger partial charge in [-0.2, -0.15) is 0 Å². The second-order valence-corrected chi connectivity index (χ2v) is 5.15. The fourth-order valence-electron chi connectivity index (χ4n) is 2.50. The van der Waals surface area contributed by atoms with Gasteiger partial charge in [0.25, 0.3) is 0 Å². The lowest BCUT2D eigenvalue weighted by molar-refractivity contribution is 0.0601. The number of hydrogen-bond acceptors (Lipinski definition) is 5. The summed E-state index contributed by atoms with van der Waals surface area (Å²) in [5.41, 5.74) is 6.66. The van der Waals surface area contributed by atoms with Crippen molar-refractivity contribution >= 4 is 11.7 Å². The third-order valence-corrected chi connectivity index (χ3v) is 3.82. The summed E-state index contributed by atoms with van der Waals surface area (Å²) in [5, 5.41) is 0. The molecule has 20 heavy (non-hydrogen) atoms. The number of benzene rings is 1. The normalized spacial score (nSPS) is 19.6. The zero-order valence-corrected chi connectivity index (χ0v) is 12.1. The van der Waals surface area contributed by atoms with E-state index in [9.17, 15) is 4.79 Å². The first-order chi connectivity index (χ1) is 9.63. The zero-order valence-electron chi connectivity index (χ0n) is 12.1. The van der Waals surface area contributed by atoms with Crippen molar-refractivity contribution in [2.24, 2.45) is 0 Å². The van der Waals surface area contributed by atoms with Crippen LogP contribution in [0.1, 0.15) is 29.6 Å². The Morgan fingerprint density at radius 2 is 2.25 bits per heavy atom. The number of piperidine rings is 1. The van der Waals surface area contributed by atoms with E-state index < -0.39 is 5.97 Å². The summed E-state index contributed by atoms with van der Waals surface area (Å²) in [6, 6.07) is 5.58. The predicted molar refractivity (Wildman–Crippen MR) is 78.0 cm³/mol. The van der Waals surface area contributed by atoms with Crippen molar-refractivity contribution in [1.82, 2.24) is 4.90 Å². The fraction of sp³-hybridized carbons (Fsp3) is 0.533.